The van der Waals surface area contributed by atoms with E-state index in [0.717, 1.165) is 25.7 Å². The van der Waals surface area contributed by atoms with Crippen LogP contribution >= 0.6 is 27.7 Å². The summed E-state index contributed by atoms with van der Waals surface area (Å²) in [4.78, 5) is 2.23. The van der Waals surface area contributed by atoms with Crippen LogP contribution < -0.4 is 10.5 Å². The number of hydrogen-bond donors (Lipinski definition) is 1. The Kier molecular flexibility index (Phi) is 4.55. The summed E-state index contributed by atoms with van der Waals surface area (Å²) in [6, 6.07) is 13.9. The van der Waals surface area contributed by atoms with Crippen molar-refractivity contribution in [1.82, 2.24) is 0 Å². The summed E-state index contributed by atoms with van der Waals surface area (Å²) >= 11 is 5.20. The molecule has 0 atom stereocenters. The van der Waals surface area contributed by atoms with E-state index < -0.39 is 0 Å². The monoisotopic (exact) mass is 323 g/mol. The van der Waals surface area contributed by atoms with E-state index in [9.17, 15) is 0 Å². The van der Waals surface area contributed by atoms with E-state index in [0.29, 0.717) is 6.61 Å². The van der Waals surface area contributed by atoms with Gasteiger partial charge < -0.3 is 10.5 Å². The van der Waals surface area contributed by atoms with Gasteiger partial charge in [0.25, 0.3) is 0 Å². The Morgan fingerprint density at radius 2 is 2.00 bits per heavy atom. The topological polar surface area (TPSA) is 35.2 Å². The molecule has 2 rings (SSSR count). The van der Waals surface area contributed by atoms with Crippen molar-refractivity contribution < 1.29 is 4.74 Å². The Balaban J connectivity index is 2.26. The molecule has 0 fully saturated rings. The molecule has 0 spiro atoms. The molecular formula is C14H14BrNOS. The zero-order valence-electron chi connectivity index (χ0n) is 10.0. The van der Waals surface area contributed by atoms with Gasteiger partial charge in [0.15, 0.2) is 0 Å². The van der Waals surface area contributed by atoms with Crippen molar-refractivity contribution in [2.75, 3.05) is 12.3 Å². The number of hydrogen-bond acceptors (Lipinski definition) is 3. The molecule has 0 heterocycles. The molecule has 0 aliphatic carbocycles. The number of ether oxygens (including phenoxy) is 1. The average molecular weight is 324 g/mol. The van der Waals surface area contributed by atoms with E-state index in [1.54, 1.807) is 11.8 Å². The molecule has 18 heavy (non-hydrogen) atoms. The summed E-state index contributed by atoms with van der Waals surface area (Å²) in [5, 5.41) is 0. The standard InChI is InChI=1S/C14H14BrNOS/c1-2-17-11-7-10(16)8-12(9-11)18-14-6-4-3-5-13(14)15/h3-9H,2,16H2,1H3. The maximum Gasteiger partial charge on any atom is 0.122 e. The van der Waals surface area contributed by atoms with Gasteiger partial charge in [0.05, 0.1) is 6.61 Å². The normalized spacial score (nSPS) is 10.3. The molecule has 0 aliphatic rings. The number of anilines is 1. The second kappa shape index (κ2) is 6.16. The van der Waals surface area contributed by atoms with Gasteiger partial charge in [-0.25, -0.2) is 0 Å². The minimum absolute atomic E-state index is 0.641. The molecule has 0 bridgehead atoms. The van der Waals surface area contributed by atoms with Crippen LogP contribution in [-0.4, -0.2) is 6.61 Å². The first-order chi connectivity index (χ1) is 8.69. The predicted octanol–water partition coefficient (Wildman–Crippen LogP) is 4.58. The fourth-order valence-electron chi connectivity index (χ4n) is 1.56. The molecule has 0 aromatic heterocycles. The van der Waals surface area contributed by atoms with Gasteiger partial charge in [-0.15, -0.1) is 0 Å². The van der Waals surface area contributed by atoms with Crippen molar-refractivity contribution in [2.45, 2.75) is 16.7 Å². The number of benzene rings is 2. The zero-order chi connectivity index (χ0) is 13.0. The molecule has 2 nitrogen and oxygen atoms in total. The first-order valence-electron chi connectivity index (χ1n) is 5.65. The summed E-state index contributed by atoms with van der Waals surface area (Å²) in [7, 11) is 0. The van der Waals surface area contributed by atoms with Gasteiger partial charge in [0.2, 0.25) is 0 Å². The van der Waals surface area contributed by atoms with Gasteiger partial charge in [0.1, 0.15) is 5.75 Å². The second-order valence-electron chi connectivity index (χ2n) is 3.70. The lowest BCUT2D eigenvalue weighted by Gasteiger charge is -2.08. The molecule has 0 amide bonds. The summed E-state index contributed by atoms with van der Waals surface area (Å²) in [5.74, 6) is 0.812. The molecule has 0 saturated heterocycles. The lowest BCUT2D eigenvalue weighted by Crippen LogP contribution is -1.93. The Morgan fingerprint density at radius 1 is 1.22 bits per heavy atom. The van der Waals surface area contributed by atoms with Crippen LogP contribution in [0.4, 0.5) is 5.69 Å². The molecule has 0 aliphatic heterocycles. The van der Waals surface area contributed by atoms with Crippen molar-refractivity contribution in [3.8, 4) is 5.75 Å². The lowest BCUT2D eigenvalue weighted by molar-refractivity contribution is 0.339. The summed E-state index contributed by atoms with van der Waals surface area (Å²) in [6.45, 7) is 2.60. The van der Waals surface area contributed by atoms with Crippen LogP contribution in [0.15, 0.2) is 56.7 Å². The van der Waals surface area contributed by atoms with Crippen LogP contribution in [0.1, 0.15) is 6.92 Å². The molecule has 4 heteroatoms. The lowest BCUT2D eigenvalue weighted by atomic mass is 10.3. The second-order valence-corrected chi connectivity index (χ2v) is 5.67. The predicted molar refractivity (Wildman–Crippen MR) is 80.3 cm³/mol. The van der Waals surface area contributed by atoms with Crippen LogP contribution in [0.2, 0.25) is 0 Å². The first-order valence-corrected chi connectivity index (χ1v) is 7.25. The van der Waals surface area contributed by atoms with Crippen molar-refractivity contribution >= 4 is 33.4 Å². The van der Waals surface area contributed by atoms with Crippen molar-refractivity contribution in [2.24, 2.45) is 0 Å². The van der Waals surface area contributed by atoms with Crippen molar-refractivity contribution in [3.05, 3.63) is 46.9 Å². The summed E-state index contributed by atoms with van der Waals surface area (Å²) < 4.78 is 6.57. The van der Waals surface area contributed by atoms with Crippen molar-refractivity contribution in [3.63, 3.8) is 0 Å². The number of nitrogens with two attached hydrogens (primary N) is 1. The highest BCUT2D eigenvalue weighted by molar-refractivity contribution is 9.10. The van der Waals surface area contributed by atoms with E-state index in [4.69, 9.17) is 10.5 Å². The average Bonchev–Trinajstić information content (AvgIpc) is 2.32. The van der Waals surface area contributed by atoms with E-state index >= 15 is 0 Å². The maximum atomic E-state index is 5.88. The minimum Gasteiger partial charge on any atom is -0.494 e. The zero-order valence-corrected chi connectivity index (χ0v) is 12.4. The third kappa shape index (κ3) is 3.43. The molecule has 2 N–H and O–H groups in total. The van der Waals surface area contributed by atoms with Crippen LogP contribution in [0, 0.1) is 0 Å². The van der Waals surface area contributed by atoms with E-state index in [1.165, 1.54) is 0 Å². The maximum absolute atomic E-state index is 5.88. The molecule has 94 valence electrons. The number of nitrogen functional groups attached to an aromatic ring is 1. The van der Waals surface area contributed by atoms with Gasteiger partial charge >= 0.3 is 0 Å². The number of halogens is 1. The SMILES string of the molecule is CCOc1cc(N)cc(Sc2ccccc2Br)c1. The highest BCUT2D eigenvalue weighted by Crippen LogP contribution is 2.35. The quantitative estimate of drug-likeness (QED) is 0.836. The van der Waals surface area contributed by atoms with Gasteiger partial charge in [-0.2, -0.15) is 0 Å². The first kappa shape index (κ1) is 13.3. The highest BCUT2D eigenvalue weighted by Gasteiger charge is 2.04. The fourth-order valence-corrected chi connectivity index (χ4v) is 3.02. The molecule has 0 saturated carbocycles. The van der Waals surface area contributed by atoms with Gasteiger partial charge in [-0.3, -0.25) is 0 Å². The van der Waals surface area contributed by atoms with Gasteiger partial charge in [-0.1, -0.05) is 23.9 Å². The minimum atomic E-state index is 0.641. The van der Waals surface area contributed by atoms with Gasteiger partial charge in [0, 0.05) is 26.0 Å². The van der Waals surface area contributed by atoms with Crippen LogP contribution in [0.25, 0.3) is 0 Å². The molecular weight excluding hydrogens is 310 g/mol. The fraction of sp³-hybridized carbons (Fsp3) is 0.143. The van der Waals surface area contributed by atoms with E-state index in [2.05, 4.69) is 22.0 Å². The Labute approximate surface area is 120 Å². The molecule has 0 radical (unpaired) electrons. The third-order valence-corrected chi connectivity index (χ3v) is 4.28. The Bertz CT molecular complexity index is 545. The highest BCUT2D eigenvalue weighted by atomic mass is 79.9. The summed E-state index contributed by atoms with van der Waals surface area (Å²) in [5.41, 5.74) is 6.59. The van der Waals surface area contributed by atoms with Crippen LogP contribution in [-0.2, 0) is 0 Å². The van der Waals surface area contributed by atoms with Crippen LogP contribution in [0.5, 0.6) is 5.75 Å². The van der Waals surface area contributed by atoms with E-state index in [1.807, 2.05) is 43.3 Å². The summed E-state index contributed by atoms with van der Waals surface area (Å²) in [6.07, 6.45) is 0. The molecule has 2 aromatic rings. The Hall–Kier alpha value is -1.13. The Morgan fingerprint density at radius 3 is 2.72 bits per heavy atom. The number of rotatable bonds is 4. The molecule has 0 unspecified atom stereocenters. The van der Waals surface area contributed by atoms with E-state index in [-0.39, 0.29) is 0 Å². The smallest absolute Gasteiger partial charge is 0.122 e. The largest absolute Gasteiger partial charge is 0.494 e. The van der Waals surface area contributed by atoms with Gasteiger partial charge in [-0.05, 0) is 47.1 Å². The molecule has 2 aromatic carbocycles. The van der Waals surface area contributed by atoms with Crippen molar-refractivity contribution in [1.29, 1.82) is 0 Å². The van der Waals surface area contributed by atoms with Crippen LogP contribution in [0.3, 0.4) is 0 Å². The third-order valence-electron chi connectivity index (χ3n) is 2.28.